The van der Waals surface area contributed by atoms with Gasteiger partial charge in [0.2, 0.25) is 5.91 Å². The number of ether oxygens (including phenoxy) is 1. The molecule has 1 amide bonds. The molecule has 0 aromatic heterocycles. The molecule has 0 fully saturated rings. The van der Waals surface area contributed by atoms with E-state index >= 15 is 0 Å². The van der Waals surface area contributed by atoms with E-state index in [-0.39, 0.29) is 5.91 Å². The molecule has 3 heteroatoms. The number of carbonyl (C=O) groups is 1. The van der Waals surface area contributed by atoms with E-state index in [1.54, 1.807) is 7.11 Å². The highest BCUT2D eigenvalue weighted by Crippen LogP contribution is 2.25. The van der Waals surface area contributed by atoms with E-state index in [4.69, 9.17) is 4.74 Å². The maximum atomic E-state index is 12.2. The van der Waals surface area contributed by atoms with Crippen LogP contribution in [0.15, 0.2) is 42.5 Å². The van der Waals surface area contributed by atoms with Gasteiger partial charge in [0.1, 0.15) is 5.75 Å². The molecule has 2 aromatic carbocycles. The average molecular weight is 281 g/mol. The fourth-order valence-electron chi connectivity index (χ4n) is 2.86. The molecule has 0 saturated heterocycles. The van der Waals surface area contributed by atoms with Crippen LogP contribution in [-0.4, -0.2) is 13.0 Å². The van der Waals surface area contributed by atoms with Gasteiger partial charge in [0, 0.05) is 0 Å². The first-order valence-electron chi connectivity index (χ1n) is 7.30. The summed E-state index contributed by atoms with van der Waals surface area (Å²) in [5.74, 6) is 0.664. The number of rotatable bonds is 4. The number of fused-ring (bicyclic) bond motifs is 1. The van der Waals surface area contributed by atoms with Crippen molar-refractivity contribution < 1.29 is 9.53 Å². The number of amides is 1. The Balaban J connectivity index is 1.69. The van der Waals surface area contributed by atoms with Gasteiger partial charge in [-0.3, -0.25) is 4.79 Å². The van der Waals surface area contributed by atoms with Gasteiger partial charge in [-0.1, -0.05) is 30.3 Å². The Kier molecular flexibility index (Phi) is 3.91. The average Bonchev–Trinajstić information content (AvgIpc) is 2.95. The molecular weight excluding hydrogens is 262 g/mol. The highest BCUT2D eigenvalue weighted by Gasteiger charge is 2.13. The molecule has 0 aliphatic heterocycles. The first-order chi connectivity index (χ1) is 10.3. The molecule has 0 atom stereocenters. The highest BCUT2D eigenvalue weighted by molar-refractivity contribution is 5.93. The molecule has 0 radical (unpaired) electrons. The topological polar surface area (TPSA) is 38.3 Å². The molecule has 108 valence electrons. The van der Waals surface area contributed by atoms with E-state index in [2.05, 4.69) is 23.5 Å². The normalized spacial score (nSPS) is 12.8. The number of hydrogen-bond acceptors (Lipinski definition) is 2. The number of benzene rings is 2. The van der Waals surface area contributed by atoms with E-state index in [0.717, 1.165) is 12.0 Å². The standard InChI is InChI=1S/C18H19NO2/c1-21-17-8-3-2-7-16(17)19-18(20)12-13-9-10-14-5-4-6-15(14)11-13/h2-3,7-11H,4-6,12H2,1H3,(H,19,20). The van der Waals surface area contributed by atoms with Crippen molar-refractivity contribution in [2.45, 2.75) is 25.7 Å². The first kappa shape index (κ1) is 13.7. The summed E-state index contributed by atoms with van der Waals surface area (Å²) in [7, 11) is 1.60. The minimum Gasteiger partial charge on any atom is -0.495 e. The van der Waals surface area contributed by atoms with Gasteiger partial charge in [0.05, 0.1) is 19.2 Å². The lowest BCUT2D eigenvalue weighted by molar-refractivity contribution is -0.115. The Labute approximate surface area is 124 Å². The number of aryl methyl sites for hydroxylation is 2. The maximum Gasteiger partial charge on any atom is 0.228 e. The monoisotopic (exact) mass is 281 g/mol. The molecule has 2 aromatic rings. The molecule has 0 heterocycles. The Morgan fingerprint density at radius 3 is 2.81 bits per heavy atom. The molecule has 0 unspecified atom stereocenters. The van der Waals surface area contributed by atoms with Gasteiger partial charge in [-0.15, -0.1) is 0 Å². The summed E-state index contributed by atoms with van der Waals surface area (Å²) >= 11 is 0. The van der Waals surface area contributed by atoms with Gasteiger partial charge >= 0.3 is 0 Å². The minimum atomic E-state index is -0.0163. The quantitative estimate of drug-likeness (QED) is 0.933. The molecule has 0 saturated carbocycles. The predicted molar refractivity (Wildman–Crippen MR) is 83.8 cm³/mol. The fraction of sp³-hybridized carbons (Fsp3) is 0.278. The van der Waals surface area contributed by atoms with E-state index in [1.165, 1.54) is 24.0 Å². The summed E-state index contributed by atoms with van der Waals surface area (Å²) in [4.78, 5) is 12.2. The van der Waals surface area contributed by atoms with Crippen molar-refractivity contribution in [1.29, 1.82) is 0 Å². The van der Waals surface area contributed by atoms with E-state index in [9.17, 15) is 4.79 Å². The number of nitrogens with one attached hydrogen (secondary N) is 1. The minimum absolute atomic E-state index is 0.0163. The molecule has 0 bridgehead atoms. The van der Waals surface area contributed by atoms with Crippen molar-refractivity contribution in [1.82, 2.24) is 0 Å². The van der Waals surface area contributed by atoms with Crippen LogP contribution in [-0.2, 0) is 24.1 Å². The summed E-state index contributed by atoms with van der Waals surface area (Å²) in [6.07, 6.45) is 3.93. The molecule has 1 aliphatic carbocycles. The molecule has 0 spiro atoms. The number of methoxy groups -OCH3 is 1. The van der Waals surface area contributed by atoms with Gasteiger partial charge in [-0.2, -0.15) is 0 Å². The molecule has 3 nitrogen and oxygen atoms in total. The zero-order chi connectivity index (χ0) is 14.7. The van der Waals surface area contributed by atoms with Crippen molar-refractivity contribution >= 4 is 11.6 Å². The maximum absolute atomic E-state index is 12.2. The van der Waals surface area contributed by atoms with Gasteiger partial charge in [0.25, 0.3) is 0 Å². The number of carbonyl (C=O) groups excluding carboxylic acids is 1. The summed E-state index contributed by atoms with van der Waals surface area (Å²) in [5, 5.41) is 2.91. The van der Waals surface area contributed by atoms with Crippen LogP contribution in [0.5, 0.6) is 5.75 Å². The fourth-order valence-corrected chi connectivity index (χ4v) is 2.86. The van der Waals surface area contributed by atoms with Crippen LogP contribution in [0.4, 0.5) is 5.69 Å². The Hall–Kier alpha value is -2.29. The third-order valence-corrected chi connectivity index (χ3v) is 3.91. The summed E-state index contributed by atoms with van der Waals surface area (Å²) in [6, 6.07) is 13.8. The molecule has 1 aliphatic rings. The third-order valence-electron chi connectivity index (χ3n) is 3.91. The van der Waals surface area contributed by atoms with E-state index in [0.29, 0.717) is 17.9 Å². The number of hydrogen-bond donors (Lipinski definition) is 1. The first-order valence-corrected chi connectivity index (χ1v) is 7.30. The van der Waals surface area contributed by atoms with Crippen molar-refractivity contribution in [3.05, 3.63) is 59.2 Å². The smallest absolute Gasteiger partial charge is 0.228 e. The van der Waals surface area contributed by atoms with Gasteiger partial charge in [-0.05, 0) is 48.1 Å². The van der Waals surface area contributed by atoms with E-state index in [1.807, 2.05) is 24.3 Å². The summed E-state index contributed by atoms with van der Waals surface area (Å²) in [5.41, 5.74) is 4.62. The van der Waals surface area contributed by atoms with Crippen molar-refractivity contribution in [2.75, 3.05) is 12.4 Å². The molecule has 21 heavy (non-hydrogen) atoms. The molecular formula is C18H19NO2. The summed E-state index contributed by atoms with van der Waals surface area (Å²) < 4.78 is 5.24. The Morgan fingerprint density at radius 2 is 1.95 bits per heavy atom. The van der Waals surface area contributed by atoms with Crippen molar-refractivity contribution in [3.8, 4) is 5.75 Å². The highest BCUT2D eigenvalue weighted by atomic mass is 16.5. The van der Waals surface area contributed by atoms with Crippen LogP contribution in [0.3, 0.4) is 0 Å². The van der Waals surface area contributed by atoms with E-state index < -0.39 is 0 Å². The zero-order valence-corrected chi connectivity index (χ0v) is 12.2. The predicted octanol–water partition coefficient (Wildman–Crippen LogP) is 3.37. The number of anilines is 1. The zero-order valence-electron chi connectivity index (χ0n) is 12.2. The van der Waals surface area contributed by atoms with Gasteiger partial charge < -0.3 is 10.1 Å². The Bertz CT molecular complexity index is 664. The summed E-state index contributed by atoms with van der Waals surface area (Å²) in [6.45, 7) is 0. The lowest BCUT2D eigenvalue weighted by Gasteiger charge is -2.10. The van der Waals surface area contributed by atoms with Crippen LogP contribution in [0.2, 0.25) is 0 Å². The second kappa shape index (κ2) is 6.00. The van der Waals surface area contributed by atoms with Crippen LogP contribution >= 0.6 is 0 Å². The number of para-hydroxylation sites is 2. The lowest BCUT2D eigenvalue weighted by Crippen LogP contribution is -2.15. The molecule has 1 N–H and O–H groups in total. The second-order valence-corrected chi connectivity index (χ2v) is 5.38. The van der Waals surface area contributed by atoms with Crippen LogP contribution in [0.25, 0.3) is 0 Å². The van der Waals surface area contributed by atoms with Crippen LogP contribution in [0.1, 0.15) is 23.1 Å². The lowest BCUT2D eigenvalue weighted by atomic mass is 10.0. The Morgan fingerprint density at radius 1 is 1.14 bits per heavy atom. The van der Waals surface area contributed by atoms with Crippen molar-refractivity contribution in [2.24, 2.45) is 0 Å². The third kappa shape index (κ3) is 3.07. The van der Waals surface area contributed by atoms with Gasteiger partial charge in [0.15, 0.2) is 0 Å². The van der Waals surface area contributed by atoms with Crippen molar-refractivity contribution in [3.63, 3.8) is 0 Å². The second-order valence-electron chi connectivity index (χ2n) is 5.38. The van der Waals surface area contributed by atoms with Gasteiger partial charge in [-0.25, -0.2) is 0 Å². The SMILES string of the molecule is COc1ccccc1NC(=O)Cc1ccc2c(c1)CCC2. The van der Waals surface area contributed by atoms with Crippen LogP contribution in [0, 0.1) is 0 Å². The molecule has 3 rings (SSSR count). The largest absolute Gasteiger partial charge is 0.495 e. The van der Waals surface area contributed by atoms with Crippen LogP contribution < -0.4 is 10.1 Å².